The standard InChI is InChI=1S/C14H21N3O2S/c1-2-19-14(18)12(15)9-11-3-4-13(16-10-11)17-5-7-20-8-6-17/h3-4,10,12H,2,5-9,15H2,1H3. The number of carbonyl (C=O) groups excluding carboxylic acids is 1. The van der Waals surface area contributed by atoms with Gasteiger partial charge in [0.15, 0.2) is 0 Å². The van der Waals surface area contributed by atoms with Crippen LogP contribution in [0.15, 0.2) is 18.3 Å². The second kappa shape index (κ2) is 7.50. The summed E-state index contributed by atoms with van der Waals surface area (Å²) in [5, 5.41) is 0. The monoisotopic (exact) mass is 295 g/mol. The van der Waals surface area contributed by atoms with Crippen LogP contribution < -0.4 is 10.6 Å². The molecular formula is C14H21N3O2S. The molecule has 1 fully saturated rings. The van der Waals surface area contributed by atoms with Gasteiger partial charge in [-0.05, 0) is 25.0 Å². The van der Waals surface area contributed by atoms with E-state index in [2.05, 4.69) is 9.88 Å². The number of ether oxygens (including phenoxy) is 1. The Morgan fingerprint density at radius 2 is 2.25 bits per heavy atom. The number of esters is 1. The van der Waals surface area contributed by atoms with Gasteiger partial charge in [0.1, 0.15) is 11.9 Å². The van der Waals surface area contributed by atoms with E-state index in [4.69, 9.17) is 10.5 Å². The average molecular weight is 295 g/mol. The van der Waals surface area contributed by atoms with Crippen molar-refractivity contribution in [1.82, 2.24) is 4.98 Å². The molecule has 0 radical (unpaired) electrons. The normalized spacial score (nSPS) is 16.8. The second-order valence-electron chi connectivity index (χ2n) is 4.69. The predicted octanol–water partition coefficient (Wildman–Crippen LogP) is 1.07. The number of nitrogens with zero attached hydrogens (tertiary/aromatic N) is 2. The summed E-state index contributed by atoms with van der Waals surface area (Å²) < 4.78 is 4.90. The van der Waals surface area contributed by atoms with E-state index in [9.17, 15) is 4.79 Å². The zero-order chi connectivity index (χ0) is 14.4. The summed E-state index contributed by atoms with van der Waals surface area (Å²) in [5.74, 6) is 2.94. The van der Waals surface area contributed by atoms with Gasteiger partial charge in [-0.3, -0.25) is 4.79 Å². The molecule has 1 aromatic heterocycles. The van der Waals surface area contributed by atoms with Crippen molar-refractivity contribution in [2.24, 2.45) is 5.73 Å². The molecule has 110 valence electrons. The molecule has 0 bridgehead atoms. The molecule has 20 heavy (non-hydrogen) atoms. The van der Waals surface area contributed by atoms with E-state index >= 15 is 0 Å². The maximum atomic E-state index is 11.5. The first-order chi connectivity index (χ1) is 9.70. The van der Waals surface area contributed by atoms with Crippen LogP contribution in [0.25, 0.3) is 0 Å². The number of pyridine rings is 1. The highest BCUT2D eigenvalue weighted by atomic mass is 32.2. The van der Waals surface area contributed by atoms with Gasteiger partial charge >= 0.3 is 5.97 Å². The van der Waals surface area contributed by atoms with Crippen LogP contribution in [0.5, 0.6) is 0 Å². The van der Waals surface area contributed by atoms with Crippen molar-refractivity contribution in [3.63, 3.8) is 0 Å². The molecule has 2 rings (SSSR count). The lowest BCUT2D eigenvalue weighted by molar-refractivity contribution is -0.144. The first kappa shape index (κ1) is 15.1. The van der Waals surface area contributed by atoms with Crippen molar-refractivity contribution in [2.45, 2.75) is 19.4 Å². The molecule has 1 aromatic rings. The summed E-state index contributed by atoms with van der Waals surface area (Å²) in [5.41, 5.74) is 6.76. The van der Waals surface area contributed by atoms with Crippen LogP contribution in [-0.4, -0.2) is 48.2 Å². The molecule has 0 aromatic carbocycles. The Morgan fingerprint density at radius 3 is 2.85 bits per heavy atom. The van der Waals surface area contributed by atoms with Crippen molar-refractivity contribution in [1.29, 1.82) is 0 Å². The number of carbonyl (C=O) groups is 1. The molecule has 5 nitrogen and oxygen atoms in total. The van der Waals surface area contributed by atoms with Gasteiger partial charge in [-0.25, -0.2) is 4.98 Å². The van der Waals surface area contributed by atoms with Gasteiger partial charge in [0.05, 0.1) is 6.61 Å². The fourth-order valence-electron chi connectivity index (χ4n) is 2.10. The summed E-state index contributed by atoms with van der Waals surface area (Å²) in [6.45, 7) is 4.22. The number of anilines is 1. The summed E-state index contributed by atoms with van der Waals surface area (Å²) in [6, 6.07) is 3.38. The summed E-state index contributed by atoms with van der Waals surface area (Å²) in [4.78, 5) is 18.2. The third kappa shape index (κ3) is 4.11. The van der Waals surface area contributed by atoms with Gasteiger partial charge in [-0.15, -0.1) is 0 Å². The molecule has 1 saturated heterocycles. The second-order valence-corrected chi connectivity index (χ2v) is 5.91. The summed E-state index contributed by atoms with van der Waals surface area (Å²) in [7, 11) is 0. The van der Waals surface area contributed by atoms with Gasteiger partial charge in [0.2, 0.25) is 0 Å². The van der Waals surface area contributed by atoms with Gasteiger partial charge in [-0.2, -0.15) is 11.8 Å². The lowest BCUT2D eigenvalue weighted by Gasteiger charge is -2.27. The van der Waals surface area contributed by atoms with E-state index in [0.29, 0.717) is 13.0 Å². The van der Waals surface area contributed by atoms with Gasteiger partial charge in [-0.1, -0.05) is 6.07 Å². The molecule has 1 aliphatic rings. The Bertz CT molecular complexity index is 433. The van der Waals surface area contributed by atoms with Crippen LogP contribution in [-0.2, 0) is 16.0 Å². The Labute approximate surface area is 123 Å². The molecule has 6 heteroatoms. The lowest BCUT2D eigenvalue weighted by atomic mass is 10.1. The molecule has 2 heterocycles. The van der Waals surface area contributed by atoms with E-state index < -0.39 is 6.04 Å². The first-order valence-corrected chi connectivity index (χ1v) is 8.06. The maximum Gasteiger partial charge on any atom is 0.323 e. The van der Waals surface area contributed by atoms with Crippen molar-refractivity contribution in [3.8, 4) is 0 Å². The number of nitrogens with two attached hydrogens (primary N) is 1. The third-order valence-corrected chi connectivity index (χ3v) is 4.13. The average Bonchev–Trinajstić information content (AvgIpc) is 2.49. The zero-order valence-corrected chi connectivity index (χ0v) is 12.6. The number of rotatable bonds is 5. The SMILES string of the molecule is CCOC(=O)C(N)Cc1ccc(N2CCSCC2)nc1. The van der Waals surface area contributed by atoms with E-state index in [0.717, 1.165) is 36.0 Å². The van der Waals surface area contributed by atoms with Gasteiger partial charge in [0.25, 0.3) is 0 Å². The highest BCUT2D eigenvalue weighted by Crippen LogP contribution is 2.17. The quantitative estimate of drug-likeness (QED) is 0.820. The number of hydrogen-bond donors (Lipinski definition) is 1. The molecule has 2 N–H and O–H groups in total. The Morgan fingerprint density at radius 1 is 1.50 bits per heavy atom. The summed E-state index contributed by atoms with van der Waals surface area (Å²) in [6.07, 6.45) is 2.26. The largest absolute Gasteiger partial charge is 0.465 e. The molecule has 1 atom stereocenters. The maximum absolute atomic E-state index is 11.5. The third-order valence-electron chi connectivity index (χ3n) is 3.19. The van der Waals surface area contributed by atoms with Crippen LogP contribution in [0.1, 0.15) is 12.5 Å². The smallest absolute Gasteiger partial charge is 0.323 e. The minimum Gasteiger partial charge on any atom is -0.465 e. The highest BCUT2D eigenvalue weighted by Gasteiger charge is 2.16. The lowest BCUT2D eigenvalue weighted by Crippen LogP contribution is -2.34. The van der Waals surface area contributed by atoms with Crippen LogP contribution in [0, 0.1) is 0 Å². The van der Waals surface area contributed by atoms with Crippen LogP contribution in [0.2, 0.25) is 0 Å². The van der Waals surface area contributed by atoms with E-state index in [1.54, 1.807) is 13.1 Å². The van der Waals surface area contributed by atoms with Crippen molar-refractivity contribution >= 4 is 23.5 Å². The Balaban J connectivity index is 1.92. The minimum atomic E-state index is -0.617. The Kier molecular flexibility index (Phi) is 5.67. The van der Waals surface area contributed by atoms with Gasteiger partial charge < -0.3 is 15.4 Å². The predicted molar refractivity (Wildman–Crippen MR) is 82.1 cm³/mol. The van der Waals surface area contributed by atoms with Crippen LogP contribution in [0.3, 0.4) is 0 Å². The molecule has 0 amide bonds. The molecule has 1 unspecified atom stereocenters. The molecule has 0 saturated carbocycles. The van der Waals surface area contributed by atoms with E-state index in [1.807, 2.05) is 23.9 Å². The number of hydrogen-bond acceptors (Lipinski definition) is 6. The zero-order valence-electron chi connectivity index (χ0n) is 11.7. The Hall–Kier alpha value is -1.27. The van der Waals surface area contributed by atoms with Crippen molar-refractivity contribution in [3.05, 3.63) is 23.9 Å². The molecule has 0 spiro atoms. The van der Waals surface area contributed by atoms with Crippen molar-refractivity contribution < 1.29 is 9.53 Å². The topological polar surface area (TPSA) is 68.5 Å². The number of aromatic nitrogens is 1. The van der Waals surface area contributed by atoms with Crippen molar-refractivity contribution in [2.75, 3.05) is 36.1 Å². The van der Waals surface area contributed by atoms with E-state index in [-0.39, 0.29) is 5.97 Å². The summed E-state index contributed by atoms with van der Waals surface area (Å²) >= 11 is 1.98. The van der Waals surface area contributed by atoms with Gasteiger partial charge in [0, 0.05) is 30.8 Å². The number of thioether (sulfide) groups is 1. The van der Waals surface area contributed by atoms with E-state index in [1.165, 1.54) is 0 Å². The van der Waals surface area contributed by atoms with Crippen LogP contribution in [0.4, 0.5) is 5.82 Å². The highest BCUT2D eigenvalue weighted by molar-refractivity contribution is 7.99. The molecule has 0 aliphatic carbocycles. The molecular weight excluding hydrogens is 274 g/mol. The van der Waals surface area contributed by atoms with Crippen LogP contribution >= 0.6 is 11.8 Å². The molecule has 1 aliphatic heterocycles. The fourth-order valence-corrected chi connectivity index (χ4v) is 3.01. The fraction of sp³-hybridized carbons (Fsp3) is 0.571. The first-order valence-electron chi connectivity index (χ1n) is 6.90. The minimum absolute atomic E-state index is 0.357.